The Hall–Kier alpha value is -1.65. The number of ether oxygens (including phenoxy) is 2. The fraction of sp³-hybridized carbons (Fsp3) is 0.375. The molecule has 1 aromatic heterocycles. The molecule has 0 spiro atoms. The summed E-state index contributed by atoms with van der Waals surface area (Å²) in [7, 11) is 4.56. The number of carbonyl (C=O) groups is 1. The zero-order valence-electron chi connectivity index (χ0n) is 7.70. The summed E-state index contributed by atoms with van der Waals surface area (Å²) in [5.41, 5.74) is 0.0989. The number of nitrogens with zero attached hydrogens (tertiary/aromatic N) is 1. The molecule has 0 aliphatic carbocycles. The summed E-state index contributed by atoms with van der Waals surface area (Å²) < 4.78 is 11.5. The van der Waals surface area contributed by atoms with Crippen LogP contribution >= 0.6 is 0 Å². The first-order chi connectivity index (χ1) is 6.11. The Bertz CT molecular complexity index is 329. The molecule has 0 atom stereocenters. The van der Waals surface area contributed by atoms with E-state index in [0.717, 1.165) is 0 Å². The van der Waals surface area contributed by atoms with Crippen LogP contribution in [0.1, 0.15) is 10.4 Å². The lowest BCUT2D eigenvalue weighted by Crippen LogP contribution is -1.97. The second-order valence-corrected chi connectivity index (χ2v) is 2.50. The van der Waals surface area contributed by atoms with Crippen molar-refractivity contribution in [2.75, 3.05) is 14.2 Å². The molecule has 0 saturated heterocycles. The highest BCUT2D eigenvalue weighted by Gasteiger charge is 2.20. The lowest BCUT2D eigenvalue weighted by atomic mass is 10.3. The number of hydrogen-bond donors (Lipinski definition) is 1. The van der Waals surface area contributed by atoms with E-state index in [-0.39, 0.29) is 11.3 Å². The molecule has 1 N–H and O–H groups in total. The lowest BCUT2D eigenvalue weighted by Gasteiger charge is -2.03. The molecule has 1 aromatic rings. The maximum Gasteiger partial charge on any atom is 0.341 e. The van der Waals surface area contributed by atoms with Gasteiger partial charge in [-0.3, -0.25) is 0 Å². The van der Waals surface area contributed by atoms with Crippen molar-refractivity contribution in [3.05, 3.63) is 11.8 Å². The van der Waals surface area contributed by atoms with E-state index in [1.54, 1.807) is 11.6 Å². The molecule has 0 aromatic carbocycles. The standard InChI is InChI=1S/C8H11NO4/c1-9-4-5(8(10)11)6(12-2)7(9)13-3/h4H,1-3H3,(H,10,11). The van der Waals surface area contributed by atoms with Crippen molar-refractivity contribution in [1.82, 2.24) is 4.57 Å². The number of aromatic nitrogens is 1. The van der Waals surface area contributed by atoms with Crippen LogP contribution in [0.15, 0.2) is 6.20 Å². The molecule has 0 bridgehead atoms. The van der Waals surface area contributed by atoms with Gasteiger partial charge in [0.25, 0.3) is 0 Å². The fourth-order valence-electron chi connectivity index (χ4n) is 1.17. The SMILES string of the molecule is COc1c(C(=O)O)cn(C)c1OC. The normalized spacial score (nSPS) is 9.77. The van der Waals surface area contributed by atoms with Gasteiger partial charge in [-0.1, -0.05) is 0 Å². The molecule has 0 aliphatic heterocycles. The Labute approximate surface area is 75.5 Å². The summed E-state index contributed by atoms with van der Waals surface area (Å²) in [4.78, 5) is 10.7. The van der Waals surface area contributed by atoms with Gasteiger partial charge in [0.2, 0.25) is 5.88 Å². The average Bonchev–Trinajstić information content (AvgIpc) is 2.41. The van der Waals surface area contributed by atoms with Gasteiger partial charge >= 0.3 is 5.97 Å². The van der Waals surface area contributed by atoms with Gasteiger partial charge in [-0.2, -0.15) is 0 Å². The topological polar surface area (TPSA) is 60.7 Å². The quantitative estimate of drug-likeness (QED) is 0.754. The van der Waals surface area contributed by atoms with Crippen LogP contribution in [0.4, 0.5) is 0 Å². The molecule has 5 heteroatoms. The maximum absolute atomic E-state index is 10.7. The molecule has 0 saturated carbocycles. The largest absolute Gasteiger partial charge is 0.491 e. The van der Waals surface area contributed by atoms with Gasteiger partial charge in [0.15, 0.2) is 5.75 Å². The minimum Gasteiger partial charge on any atom is -0.491 e. The van der Waals surface area contributed by atoms with Gasteiger partial charge in [-0.05, 0) is 0 Å². The number of rotatable bonds is 3. The van der Waals surface area contributed by atoms with Gasteiger partial charge in [-0.15, -0.1) is 0 Å². The Morgan fingerprint density at radius 2 is 2.08 bits per heavy atom. The predicted molar refractivity (Wildman–Crippen MR) is 45.5 cm³/mol. The first-order valence-corrected chi connectivity index (χ1v) is 3.62. The van der Waals surface area contributed by atoms with Crippen LogP contribution in [-0.2, 0) is 7.05 Å². The highest BCUT2D eigenvalue weighted by Crippen LogP contribution is 2.32. The molecule has 72 valence electrons. The Morgan fingerprint density at radius 1 is 1.46 bits per heavy atom. The van der Waals surface area contributed by atoms with Crippen LogP contribution in [0.3, 0.4) is 0 Å². The van der Waals surface area contributed by atoms with Gasteiger partial charge in [-0.25, -0.2) is 4.79 Å². The first kappa shape index (κ1) is 9.44. The molecular weight excluding hydrogens is 174 g/mol. The van der Waals surface area contributed by atoms with Crippen LogP contribution in [0.5, 0.6) is 11.6 Å². The molecule has 13 heavy (non-hydrogen) atoms. The summed E-state index contributed by atoms with van der Waals surface area (Å²) >= 11 is 0. The van der Waals surface area contributed by atoms with E-state index in [1.807, 2.05) is 0 Å². The molecule has 0 radical (unpaired) electrons. The van der Waals surface area contributed by atoms with Gasteiger partial charge < -0.3 is 19.1 Å². The van der Waals surface area contributed by atoms with Crippen LogP contribution in [-0.4, -0.2) is 29.9 Å². The minimum absolute atomic E-state index is 0.0989. The van der Waals surface area contributed by atoms with Crippen molar-refractivity contribution in [2.24, 2.45) is 7.05 Å². The van der Waals surface area contributed by atoms with E-state index >= 15 is 0 Å². The third kappa shape index (κ3) is 1.44. The van der Waals surface area contributed by atoms with Crippen molar-refractivity contribution in [2.45, 2.75) is 0 Å². The Morgan fingerprint density at radius 3 is 2.46 bits per heavy atom. The Balaban J connectivity index is 3.29. The van der Waals surface area contributed by atoms with Crippen molar-refractivity contribution >= 4 is 5.97 Å². The highest BCUT2D eigenvalue weighted by atomic mass is 16.5. The molecule has 0 unspecified atom stereocenters. The summed E-state index contributed by atoms with van der Waals surface area (Å²) in [5.74, 6) is -0.381. The number of hydrogen-bond acceptors (Lipinski definition) is 3. The number of carboxylic acid groups (broad SMARTS) is 1. The van der Waals surface area contributed by atoms with E-state index in [2.05, 4.69) is 0 Å². The monoisotopic (exact) mass is 185 g/mol. The summed E-state index contributed by atoms with van der Waals surface area (Å²) in [6.45, 7) is 0. The molecule has 0 aliphatic rings. The van der Waals surface area contributed by atoms with E-state index in [9.17, 15) is 4.79 Å². The zero-order valence-corrected chi connectivity index (χ0v) is 7.70. The summed E-state index contributed by atoms with van der Waals surface area (Å²) in [5, 5.41) is 8.78. The third-order valence-corrected chi connectivity index (χ3v) is 1.71. The second kappa shape index (κ2) is 3.38. The second-order valence-electron chi connectivity index (χ2n) is 2.50. The lowest BCUT2D eigenvalue weighted by molar-refractivity contribution is 0.0693. The molecule has 5 nitrogen and oxygen atoms in total. The van der Waals surface area contributed by atoms with Crippen molar-refractivity contribution in [3.63, 3.8) is 0 Å². The smallest absolute Gasteiger partial charge is 0.341 e. The van der Waals surface area contributed by atoms with E-state index < -0.39 is 5.97 Å². The van der Waals surface area contributed by atoms with E-state index in [0.29, 0.717) is 5.88 Å². The van der Waals surface area contributed by atoms with Crippen LogP contribution in [0, 0.1) is 0 Å². The predicted octanol–water partition coefficient (Wildman–Crippen LogP) is 0.740. The summed E-state index contributed by atoms with van der Waals surface area (Å²) in [6, 6.07) is 0. The Kier molecular flexibility index (Phi) is 2.46. The van der Waals surface area contributed by atoms with Crippen molar-refractivity contribution < 1.29 is 19.4 Å². The van der Waals surface area contributed by atoms with E-state index in [1.165, 1.54) is 20.4 Å². The van der Waals surface area contributed by atoms with Gasteiger partial charge in [0.1, 0.15) is 5.56 Å². The van der Waals surface area contributed by atoms with Crippen LogP contribution < -0.4 is 9.47 Å². The highest BCUT2D eigenvalue weighted by molar-refractivity contribution is 5.92. The number of methoxy groups -OCH3 is 2. The van der Waals surface area contributed by atoms with E-state index in [4.69, 9.17) is 14.6 Å². The van der Waals surface area contributed by atoms with Crippen molar-refractivity contribution in [3.8, 4) is 11.6 Å². The molecule has 0 amide bonds. The van der Waals surface area contributed by atoms with Gasteiger partial charge in [0, 0.05) is 13.2 Å². The first-order valence-electron chi connectivity index (χ1n) is 3.62. The molecule has 1 rings (SSSR count). The molecular formula is C8H11NO4. The number of aryl methyl sites for hydroxylation is 1. The van der Waals surface area contributed by atoms with Crippen molar-refractivity contribution in [1.29, 1.82) is 0 Å². The van der Waals surface area contributed by atoms with Crippen LogP contribution in [0.2, 0.25) is 0 Å². The molecule has 0 fully saturated rings. The average molecular weight is 185 g/mol. The maximum atomic E-state index is 10.7. The third-order valence-electron chi connectivity index (χ3n) is 1.71. The van der Waals surface area contributed by atoms with Crippen LogP contribution in [0.25, 0.3) is 0 Å². The summed E-state index contributed by atoms with van der Waals surface area (Å²) in [6.07, 6.45) is 1.44. The number of carboxylic acids is 1. The number of aromatic carboxylic acids is 1. The van der Waals surface area contributed by atoms with Gasteiger partial charge in [0.05, 0.1) is 14.2 Å². The molecule has 1 heterocycles. The minimum atomic E-state index is -1.03. The fourth-order valence-corrected chi connectivity index (χ4v) is 1.17. The zero-order chi connectivity index (χ0) is 10.0.